The molecule has 6 heteroatoms. The molecule has 1 amide bonds. The molecule has 1 aromatic heterocycles. The summed E-state index contributed by atoms with van der Waals surface area (Å²) in [5, 5.41) is 3.13. The molecule has 6 nitrogen and oxygen atoms in total. The minimum absolute atomic E-state index is 0.0885. The van der Waals surface area contributed by atoms with Gasteiger partial charge in [0.25, 0.3) is 5.91 Å². The van der Waals surface area contributed by atoms with Gasteiger partial charge in [0.05, 0.1) is 30.8 Å². The van der Waals surface area contributed by atoms with Crippen molar-refractivity contribution in [2.45, 2.75) is 39.3 Å². The second-order valence-corrected chi connectivity index (χ2v) is 8.33. The Morgan fingerprint density at radius 1 is 0.971 bits per heavy atom. The fourth-order valence-corrected chi connectivity index (χ4v) is 4.12. The first-order valence-electron chi connectivity index (χ1n) is 11.7. The molecule has 1 unspecified atom stereocenters. The van der Waals surface area contributed by atoms with E-state index in [9.17, 15) is 4.79 Å². The summed E-state index contributed by atoms with van der Waals surface area (Å²) in [4.78, 5) is 17.7. The van der Waals surface area contributed by atoms with Gasteiger partial charge in [-0.15, -0.1) is 0 Å². The number of benzene rings is 3. The van der Waals surface area contributed by atoms with Crippen LogP contribution >= 0.6 is 0 Å². The molecule has 0 radical (unpaired) electrons. The monoisotopic (exact) mass is 457 g/mol. The number of carbonyl (C=O) groups is 1. The zero-order valence-corrected chi connectivity index (χ0v) is 20.0. The summed E-state index contributed by atoms with van der Waals surface area (Å²) in [6.07, 6.45) is 1.80. The summed E-state index contributed by atoms with van der Waals surface area (Å²) in [5.41, 5.74) is 3.64. The number of unbranched alkanes of at least 4 members (excludes halogenated alkanes) is 1. The quantitative estimate of drug-likeness (QED) is 0.310. The van der Waals surface area contributed by atoms with Crippen LogP contribution in [0.1, 0.15) is 47.6 Å². The summed E-state index contributed by atoms with van der Waals surface area (Å²) in [5.74, 6) is 2.26. The van der Waals surface area contributed by atoms with Crippen molar-refractivity contribution in [2.75, 3.05) is 13.7 Å². The first-order valence-corrected chi connectivity index (χ1v) is 11.7. The highest BCUT2D eigenvalue weighted by atomic mass is 16.5. The van der Waals surface area contributed by atoms with Crippen LogP contribution in [0.15, 0.2) is 72.8 Å². The van der Waals surface area contributed by atoms with Crippen LogP contribution < -0.4 is 14.8 Å². The third-order valence-corrected chi connectivity index (χ3v) is 5.91. The van der Waals surface area contributed by atoms with Crippen LogP contribution in [0.4, 0.5) is 0 Å². The van der Waals surface area contributed by atoms with Crippen LogP contribution in [0, 0.1) is 6.92 Å². The largest absolute Gasteiger partial charge is 0.493 e. The van der Waals surface area contributed by atoms with Gasteiger partial charge in [-0.2, -0.15) is 0 Å². The van der Waals surface area contributed by atoms with E-state index in [2.05, 4.69) is 16.0 Å². The number of para-hydroxylation sites is 4. The molecule has 0 bridgehead atoms. The Morgan fingerprint density at radius 3 is 2.47 bits per heavy atom. The van der Waals surface area contributed by atoms with Crippen LogP contribution in [0.5, 0.6) is 11.5 Å². The lowest BCUT2D eigenvalue weighted by molar-refractivity contribution is 0.0937. The number of hydrogen-bond acceptors (Lipinski definition) is 4. The number of amides is 1. The van der Waals surface area contributed by atoms with E-state index in [-0.39, 0.29) is 11.9 Å². The van der Waals surface area contributed by atoms with Crippen molar-refractivity contribution in [3.8, 4) is 11.5 Å². The second kappa shape index (κ2) is 10.9. The summed E-state index contributed by atoms with van der Waals surface area (Å²) in [7, 11) is 1.65. The Labute approximate surface area is 200 Å². The highest BCUT2D eigenvalue weighted by Crippen LogP contribution is 2.26. The standard InChI is InChI=1S/C28H31N3O3/c1-20-12-4-5-13-22(20)28(32)29-21(2)27-30-23-14-6-7-15-24(23)31(27)18-10-11-19-34-26-17-9-8-16-25(26)33-3/h4-9,12-17,21H,10-11,18-19H2,1-3H3,(H,29,32). The Balaban J connectivity index is 1.43. The number of imidazole rings is 1. The highest BCUT2D eigenvalue weighted by molar-refractivity contribution is 5.95. The summed E-state index contributed by atoms with van der Waals surface area (Å²) < 4.78 is 13.5. The molecule has 0 fully saturated rings. The normalized spacial score (nSPS) is 11.9. The number of rotatable bonds is 10. The van der Waals surface area contributed by atoms with Crippen molar-refractivity contribution in [3.05, 3.63) is 89.7 Å². The van der Waals surface area contributed by atoms with E-state index in [1.807, 2.05) is 80.6 Å². The van der Waals surface area contributed by atoms with E-state index >= 15 is 0 Å². The lowest BCUT2D eigenvalue weighted by atomic mass is 10.1. The van der Waals surface area contributed by atoms with Crippen LogP contribution in [0.25, 0.3) is 11.0 Å². The molecule has 0 saturated heterocycles. The van der Waals surface area contributed by atoms with Crippen LogP contribution in [0.2, 0.25) is 0 Å². The molecule has 0 aliphatic rings. The number of fused-ring (bicyclic) bond motifs is 1. The number of hydrogen-bond donors (Lipinski definition) is 1. The SMILES string of the molecule is COc1ccccc1OCCCCn1c(C(C)NC(=O)c2ccccc2C)nc2ccccc21. The van der Waals surface area contributed by atoms with E-state index < -0.39 is 0 Å². The first-order chi connectivity index (χ1) is 16.6. The molecule has 1 N–H and O–H groups in total. The molecular formula is C28H31N3O3. The first kappa shape index (κ1) is 23.4. The Bertz CT molecular complexity index is 1260. The van der Waals surface area contributed by atoms with Crippen molar-refractivity contribution >= 4 is 16.9 Å². The lowest BCUT2D eigenvalue weighted by Crippen LogP contribution is -2.29. The second-order valence-electron chi connectivity index (χ2n) is 8.33. The number of methoxy groups -OCH3 is 1. The summed E-state index contributed by atoms with van der Waals surface area (Å²) in [6.45, 7) is 5.32. The van der Waals surface area contributed by atoms with Gasteiger partial charge in [-0.3, -0.25) is 4.79 Å². The topological polar surface area (TPSA) is 65.4 Å². The molecule has 4 rings (SSSR count). The van der Waals surface area contributed by atoms with Gasteiger partial charge in [-0.05, 0) is 62.6 Å². The molecular weight excluding hydrogens is 426 g/mol. The van der Waals surface area contributed by atoms with Gasteiger partial charge < -0.3 is 19.4 Å². The van der Waals surface area contributed by atoms with Gasteiger partial charge in [-0.1, -0.05) is 42.5 Å². The zero-order chi connectivity index (χ0) is 23.9. The number of nitrogens with zero attached hydrogens (tertiary/aromatic N) is 2. The van der Waals surface area contributed by atoms with Crippen LogP contribution in [-0.2, 0) is 6.54 Å². The smallest absolute Gasteiger partial charge is 0.252 e. The molecule has 3 aromatic carbocycles. The number of aryl methyl sites for hydroxylation is 2. The van der Waals surface area contributed by atoms with E-state index in [0.29, 0.717) is 12.2 Å². The number of aromatic nitrogens is 2. The molecule has 0 spiro atoms. The Kier molecular flexibility index (Phi) is 7.48. The molecule has 4 aromatic rings. The Morgan fingerprint density at radius 2 is 1.68 bits per heavy atom. The fourth-order valence-electron chi connectivity index (χ4n) is 4.12. The molecule has 0 aliphatic heterocycles. The predicted octanol–water partition coefficient (Wildman–Crippen LogP) is 5.70. The van der Waals surface area contributed by atoms with Crippen molar-refractivity contribution in [1.82, 2.24) is 14.9 Å². The van der Waals surface area contributed by atoms with Crippen molar-refractivity contribution in [3.63, 3.8) is 0 Å². The van der Waals surface area contributed by atoms with E-state index in [1.165, 1.54) is 0 Å². The van der Waals surface area contributed by atoms with Crippen molar-refractivity contribution in [1.29, 1.82) is 0 Å². The average Bonchev–Trinajstić information content (AvgIpc) is 3.23. The lowest BCUT2D eigenvalue weighted by Gasteiger charge is -2.17. The van der Waals surface area contributed by atoms with Gasteiger partial charge in [0.2, 0.25) is 0 Å². The Hall–Kier alpha value is -3.80. The minimum Gasteiger partial charge on any atom is -0.493 e. The summed E-state index contributed by atoms with van der Waals surface area (Å²) >= 11 is 0. The average molecular weight is 458 g/mol. The third-order valence-electron chi connectivity index (χ3n) is 5.91. The van der Waals surface area contributed by atoms with E-state index in [4.69, 9.17) is 14.5 Å². The number of ether oxygens (including phenoxy) is 2. The van der Waals surface area contributed by atoms with Crippen molar-refractivity contribution < 1.29 is 14.3 Å². The minimum atomic E-state index is -0.232. The van der Waals surface area contributed by atoms with Gasteiger partial charge >= 0.3 is 0 Å². The van der Waals surface area contributed by atoms with Gasteiger partial charge in [0.1, 0.15) is 5.82 Å². The molecule has 0 saturated carbocycles. The van der Waals surface area contributed by atoms with Gasteiger partial charge in [0.15, 0.2) is 11.5 Å². The number of carbonyl (C=O) groups excluding carboxylic acids is 1. The molecule has 176 valence electrons. The fraction of sp³-hybridized carbons (Fsp3) is 0.286. The van der Waals surface area contributed by atoms with Crippen LogP contribution in [-0.4, -0.2) is 29.2 Å². The molecule has 0 aliphatic carbocycles. The maximum Gasteiger partial charge on any atom is 0.252 e. The van der Waals surface area contributed by atoms with Gasteiger partial charge in [0, 0.05) is 12.1 Å². The van der Waals surface area contributed by atoms with Crippen LogP contribution in [0.3, 0.4) is 0 Å². The maximum atomic E-state index is 12.9. The van der Waals surface area contributed by atoms with E-state index in [1.54, 1.807) is 7.11 Å². The molecule has 34 heavy (non-hydrogen) atoms. The summed E-state index contributed by atoms with van der Waals surface area (Å²) in [6, 6.07) is 23.2. The van der Waals surface area contributed by atoms with E-state index in [0.717, 1.165) is 53.3 Å². The number of nitrogens with one attached hydrogen (secondary N) is 1. The molecule has 1 atom stereocenters. The predicted molar refractivity (Wildman–Crippen MR) is 135 cm³/mol. The van der Waals surface area contributed by atoms with Gasteiger partial charge in [-0.25, -0.2) is 4.98 Å². The third kappa shape index (κ3) is 5.22. The highest BCUT2D eigenvalue weighted by Gasteiger charge is 2.19. The molecule has 1 heterocycles. The zero-order valence-electron chi connectivity index (χ0n) is 20.0. The maximum absolute atomic E-state index is 12.9. The van der Waals surface area contributed by atoms with Crippen molar-refractivity contribution in [2.24, 2.45) is 0 Å².